The van der Waals surface area contributed by atoms with Gasteiger partial charge in [0.05, 0.1) is 0 Å². The molecule has 1 aromatic rings. The SMILES string of the molecule is CNCCc1cccc(O)c1.[Li]. The smallest absolute Gasteiger partial charge is 0.115 e. The Morgan fingerprint density at radius 3 is 2.75 bits per heavy atom. The maximum atomic E-state index is 9.09. The first-order chi connectivity index (χ1) is 5.33. The number of hydrogen-bond donors (Lipinski definition) is 2. The van der Waals surface area contributed by atoms with Gasteiger partial charge in [0.25, 0.3) is 0 Å². The molecule has 3 heteroatoms. The van der Waals surface area contributed by atoms with Crippen molar-refractivity contribution in [2.45, 2.75) is 6.42 Å². The van der Waals surface area contributed by atoms with Crippen molar-refractivity contribution in [3.8, 4) is 5.75 Å². The van der Waals surface area contributed by atoms with Crippen molar-refractivity contribution < 1.29 is 5.11 Å². The summed E-state index contributed by atoms with van der Waals surface area (Å²) in [6.45, 7) is 0.948. The van der Waals surface area contributed by atoms with Gasteiger partial charge in [-0.15, -0.1) is 0 Å². The van der Waals surface area contributed by atoms with Gasteiger partial charge in [0.15, 0.2) is 0 Å². The summed E-state index contributed by atoms with van der Waals surface area (Å²) in [5.41, 5.74) is 1.17. The zero-order valence-electron chi connectivity index (χ0n) is 7.67. The van der Waals surface area contributed by atoms with E-state index in [0.717, 1.165) is 13.0 Å². The normalized spacial score (nSPS) is 9.08. The summed E-state index contributed by atoms with van der Waals surface area (Å²) >= 11 is 0. The zero-order chi connectivity index (χ0) is 8.10. The van der Waals surface area contributed by atoms with Crippen LogP contribution in [0.4, 0.5) is 0 Å². The molecule has 0 heterocycles. The third-order valence-electron chi connectivity index (χ3n) is 1.57. The van der Waals surface area contributed by atoms with E-state index in [0.29, 0.717) is 5.75 Å². The molecule has 1 radical (unpaired) electrons. The topological polar surface area (TPSA) is 32.3 Å². The van der Waals surface area contributed by atoms with E-state index in [4.69, 9.17) is 5.11 Å². The third-order valence-corrected chi connectivity index (χ3v) is 1.57. The number of rotatable bonds is 3. The van der Waals surface area contributed by atoms with Crippen LogP contribution in [0.25, 0.3) is 0 Å². The Kier molecular flexibility index (Phi) is 5.92. The third kappa shape index (κ3) is 3.82. The van der Waals surface area contributed by atoms with Gasteiger partial charge in [-0.3, -0.25) is 0 Å². The van der Waals surface area contributed by atoms with Gasteiger partial charge in [-0.2, -0.15) is 0 Å². The molecule has 0 aliphatic heterocycles. The van der Waals surface area contributed by atoms with E-state index < -0.39 is 0 Å². The molecule has 1 rings (SSSR count). The number of phenolic OH excluding ortho intramolecular Hbond substituents is 1. The molecule has 0 saturated carbocycles. The van der Waals surface area contributed by atoms with E-state index >= 15 is 0 Å². The van der Waals surface area contributed by atoms with E-state index in [2.05, 4.69) is 5.32 Å². The second-order valence-corrected chi connectivity index (χ2v) is 2.52. The van der Waals surface area contributed by atoms with Gasteiger partial charge in [-0.25, -0.2) is 0 Å². The molecule has 0 atom stereocenters. The molecule has 0 aliphatic rings. The second kappa shape index (κ2) is 6.13. The van der Waals surface area contributed by atoms with Crippen LogP contribution in [0.3, 0.4) is 0 Å². The maximum absolute atomic E-state index is 9.09. The summed E-state index contributed by atoms with van der Waals surface area (Å²) in [5, 5.41) is 12.1. The summed E-state index contributed by atoms with van der Waals surface area (Å²) in [6.07, 6.45) is 0.963. The molecule has 0 spiro atoms. The fourth-order valence-electron chi connectivity index (χ4n) is 0.981. The molecule has 0 unspecified atom stereocenters. The van der Waals surface area contributed by atoms with Crippen molar-refractivity contribution in [1.29, 1.82) is 0 Å². The van der Waals surface area contributed by atoms with E-state index in [1.807, 2.05) is 19.2 Å². The van der Waals surface area contributed by atoms with Crippen LogP contribution >= 0.6 is 0 Å². The molecule has 61 valence electrons. The Balaban J connectivity index is 0.00000121. The molecule has 0 amide bonds. The average molecular weight is 158 g/mol. The van der Waals surface area contributed by atoms with Crippen LogP contribution in [0.15, 0.2) is 24.3 Å². The second-order valence-electron chi connectivity index (χ2n) is 2.52. The molecular weight excluding hydrogens is 145 g/mol. The molecule has 0 aliphatic carbocycles. The molecular formula is C9H13LiNO. The van der Waals surface area contributed by atoms with Gasteiger partial charge in [-0.1, -0.05) is 12.1 Å². The molecule has 0 bridgehead atoms. The van der Waals surface area contributed by atoms with E-state index in [-0.39, 0.29) is 18.9 Å². The van der Waals surface area contributed by atoms with Crippen molar-refractivity contribution >= 4 is 18.9 Å². The summed E-state index contributed by atoms with van der Waals surface area (Å²) in [4.78, 5) is 0. The molecule has 12 heavy (non-hydrogen) atoms. The number of benzene rings is 1. The standard InChI is InChI=1S/C9H13NO.Li/c1-10-6-5-8-3-2-4-9(11)7-8;/h2-4,7,10-11H,5-6H2,1H3;. The van der Waals surface area contributed by atoms with Gasteiger partial charge in [-0.05, 0) is 37.7 Å². The monoisotopic (exact) mass is 158 g/mol. The first kappa shape index (κ1) is 11.6. The first-order valence-electron chi connectivity index (χ1n) is 3.75. The van der Waals surface area contributed by atoms with Crippen molar-refractivity contribution in [3.63, 3.8) is 0 Å². The Bertz CT molecular complexity index is 228. The zero-order valence-corrected chi connectivity index (χ0v) is 7.67. The van der Waals surface area contributed by atoms with E-state index in [1.165, 1.54) is 5.56 Å². The summed E-state index contributed by atoms with van der Waals surface area (Å²) < 4.78 is 0. The minimum atomic E-state index is 0. The Morgan fingerprint density at radius 1 is 1.42 bits per heavy atom. The van der Waals surface area contributed by atoms with Crippen LogP contribution in [-0.2, 0) is 6.42 Å². The molecule has 0 saturated heterocycles. The van der Waals surface area contributed by atoms with E-state index in [1.54, 1.807) is 12.1 Å². The van der Waals surface area contributed by atoms with Crippen molar-refractivity contribution in [2.75, 3.05) is 13.6 Å². The Morgan fingerprint density at radius 2 is 2.17 bits per heavy atom. The predicted molar refractivity (Wildman–Crippen MR) is 51.5 cm³/mol. The molecule has 0 aromatic heterocycles. The number of likely N-dealkylation sites (N-methyl/N-ethyl adjacent to an activating group) is 1. The Labute approximate surface area is 85.2 Å². The van der Waals surface area contributed by atoms with Gasteiger partial charge in [0.1, 0.15) is 5.75 Å². The number of hydrogen-bond acceptors (Lipinski definition) is 2. The first-order valence-corrected chi connectivity index (χ1v) is 3.75. The fourth-order valence-corrected chi connectivity index (χ4v) is 0.981. The van der Waals surface area contributed by atoms with Crippen molar-refractivity contribution in [2.24, 2.45) is 0 Å². The van der Waals surface area contributed by atoms with Crippen LogP contribution in [0, 0.1) is 0 Å². The van der Waals surface area contributed by atoms with Crippen LogP contribution in [0.5, 0.6) is 5.75 Å². The molecule has 2 N–H and O–H groups in total. The summed E-state index contributed by atoms with van der Waals surface area (Å²) in [6, 6.07) is 7.34. The number of phenols is 1. The molecule has 2 nitrogen and oxygen atoms in total. The van der Waals surface area contributed by atoms with E-state index in [9.17, 15) is 0 Å². The number of aromatic hydroxyl groups is 1. The van der Waals surface area contributed by atoms with Crippen LogP contribution < -0.4 is 5.32 Å². The van der Waals surface area contributed by atoms with Gasteiger partial charge in [0.2, 0.25) is 0 Å². The largest absolute Gasteiger partial charge is 0.508 e. The average Bonchev–Trinajstić information content (AvgIpc) is 2.01. The number of nitrogens with one attached hydrogen (secondary N) is 1. The van der Waals surface area contributed by atoms with Crippen LogP contribution in [0.1, 0.15) is 5.56 Å². The van der Waals surface area contributed by atoms with Crippen LogP contribution in [-0.4, -0.2) is 37.6 Å². The molecule has 0 fully saturated rings. The van der Waals surface area contributed by atoms with Crippen molar-refractivity contribution in [3.05, 3.63) is 29.8 Å². The molecule has 1 aromatic carbocycles. The summed E-state index contributed by atoms with van der Waals surface area (Å²) in [7, 11) is 1.92. The van der Waals surface area contributed by atoms with Gasteiger partial charge in [0, 0.05) is 18.9 Å². The minimum Gasteiger partial charge on any atom is -0.508 e. The van der Waals surface area contributed by atoms with Gasteiger partial charge >= 0.3 is 0 Å². The summed E-state index contributed by atoms with van der Waals surface area (Å²) in [5.74, 6) is 0.346. The predicted octanol–water partition coefficient (Wildman–Crippen LogP) is 0.773. The van der Waals surface area contributed by atoms with Gasteiger partial charge < -0.3 is 10.4 Å². The fraction of sp³-hybridized carbons (Fsp3) is 0.333. The Hall–Kier alpha value is -0.423. The quantitative estimate of drug-likeness (QED) is 0.637. The van der Waals surface area contributed by atoms with Crippen LogP contribution in [0.2, 0.25) is 0 Å². The maximum Gasteiger partial charge on any atom is 0.115 e. The van der Waals surface area contributed by atoms with Crippen molar-refractivity contribution in [1.82, 2.24) is 5.32 Å². The minimum absolute atomic E-state index is 0.